The van der Waals surface area contributed by atoms with Crippen molar-refractivity contribution >= 4 is 11.6 Å². The quantitative estimate of drug-likeness (QED) is 0.682. The summed E-state index contributed by atoms with van der Waals surface area (Å²) in [4.78, 5) is 29.1. The number of rotatable bonds is 4. The zero-order valence-electron chi connectivity index (χ0n) is 16.7. The third kappa shape index (κ3) is 3.94. The van der Waals surface area contributed by atoms with Crippen molar-refractivity contribution in [2.24, 2.45) is 0 Å². The summed E-state index contributed by atoms with van der Waals surface area (Å²) in [6, 6.07) is 16.0. The van der Waals surface area contributed by atoms with E-state index in [0.29, 0.717) is 18.9 Å². The van der Waals surface area contributed by atoms with Crippen molar-refractivity contribution < 1.29 is 9.32 Å². The largest absolute Gasteiger partial charge is 0.442 e. The zero-order valence-corrected chi connectivity index (χ0v) is 16.7. The summed E-state index contributed by atoms with van der Waals surface area (Å²) < 4.78 is 6.17. The Bertz CT molecular complexity index is 1080. The molecule has 150 valence electrons. The van der Waals surface area contributed by atoms with Crippen molar-refractivity contribution in [3.63, 3.8) is 0 Å². The fourth-order valence-electron chi connectivity index (χ4n) is 3.70. The van der Waals surface area contributed by atoms with Crippen molar-refractivity contribution in [1.29, 1.82) is 0 Å². The molecule has 7 heteroatoms. The van der Waals surface area contributed by atoms with Gasteiger partial charge in [-0.05, 0) is 37.1 Å². The van der Waals surface area contributed by atoms with Gasteiger partial charge in [0.2, 0.25) is 5.91 Å². The first-order chi connectivity index (χ1) is 14.0. The zero-order chi connectivity index (χ0) is 20.4. The smallest absolute Gasteiger partial charge is 0.368 e. The van der Waals surface area contributed by atoms with Crippen molar-refractivity contribution in [3.05, 3.63) is 70.2 Å². The molecule has 1 amide bonds. The predicted octanol–water partition coefficient (Wildman–Crippen LogP) is 2.47. The SMILES string of the molecule is Cc1cccc(N2CCN(C(=O)Cn3c(-c4ccccc4C)noc3=O)CC2)c1. The molecule has 0 bridgehead atoms. The Labute approximate surface area is 169 Å². The van der Waals surface area contributed by atoms with E-state index in [1.165, 1.54) is 15.8 Å². The number of carbonyl (C=O) groups excluding carboxylic acids is 1. The molecule has 7 nitrogen and oxygen atoms in total. The standard InChI is InChI=1S/C22H24N4O3/c1-16-6-5-8-18(14-16)24-10-12-25(13-11-24)20(27)15-26-21(23-29-22(26)28)19-9-4-3-7-17(19)2/h3-9,14H,10-13,15H2,1-2H3. The molecule has 4 rings (SSSR count). The van der Waals surface area contributed by atoms with E-state index in [4.69, 9.17) is 4.52 Å². The van der Waals surface area contributed by atoms with Crippen LogP contribution in [0.2, 0.25) is 0 Å². The molecule has 2 heterocycles. The third-order valence-corrected chi connectivity index (χ3v) is 5.36. The number of amides is 1. The summed E-state index contributed by atoms with van der Waals surface area (Å²) in [6.07, 6.45) is 0. The minimum atomic E-state index is -0.616. The minimum Gasteiger partial charge on any atom is -0.368 e. The van der Waals surface area contributed by atoms with Crippen LogP contribution >= 0.6 is 0 Å². The van der Waals surface area contributed by atoms with Crippen molar-refractivity contribution in [3.8, 4) is 11.4 Å². The average molecular weight is 392 g/mol. The number of carbonyl (C=O) groups is 1. The summed E-state index contributed by atoms with van der Waals surface area (Å²) in [5.74, 6) is -0.330. The van der Waals surface area contributed by atoms with Crippen LogP contribution in [0.15, 0.2) is 57.8 Å². The van der Waals surface area contributed by atoms with Crippen LogP contribution < -0.4 is 10.7 Å². The van der Waals surface area contributed by atoms with Gasteiger partial charge in [0.05, 0.1) is 0 Å². The molecule has 0 N–H and O–H groups in total. The number of aryl methyl sites for hydroxylation is 2. The molecule has 1 saturated heterocycles. The van der Waals surface area contributed by atoms with Gasteiger partial charge in [-0.25, -0.2) is 9.36 Å². The Balaban J connectivity index is 1.46. The maximum Gasteiger partial charge on any atom is 0.442 e. The van der Waals surface area contributed by atoms with Crippen LogP contribution in [0.5, 0.6) is 0 Å². The second-order valence-corrected chi connectivity index (χ2v) is 7.38. The first-order valence-electron chi connectivity index (χ1n) is 9.75. The maximum absolute atomic E-state index is 12.9. The number of piperazine rings is 1. The maximum atomic E-state index is 12.9. The van der Waals surface area contributed by atoms with Crippen molar-refractivity contribution in [1.82, 2.24) is 14.6 Å². The Morgan fingerprint density at radius 3 is 2.52 bits per heavy atom. The van der Waals surface area contributed by atoms with Crippen LogP contribution in [0, 0.1) is 13.8 Å². The van der Waals surface area contributed by atoms with Crippen LogP contribution in [0.1, 0.15) is 11.1 Å². The lowest BCUT2D eigenvalue weighted by Crippen LogP contribution is -2.50. The topological polar surface area (TPSA) is 71.6 Å². The van der Waals surface area contributed by atoms with Crippen LogP contribution in [0.4, 0.5) is 5.69 Å². The Morgan fingerprint density at radius 2 is 1.79 bits per heavy atom. The van der Waals surface area contributed by atoms with E-state index in [9.17, 15) is 9.59 Å². The summed E-state index contributed by atoms with van der Waals surface area (Å²) in [6.45, 7) is 6.70. The predicted molar refractivity (Wildman–Crippen MR) is 111 cm³/mol. The van der Waals surface area contributed by atoms with Gasteiger partial charge in [-0.1, -0.05) is 41.6 Å². The number of benzene rings is 2. The van der Waals surface area contributed by atoms with E-state index in [0.717, 1.165) is 24.2 Å². The second kappa shape index (κ2) is 7.95. The molecular formula is C22H24N4O3. The number of anilines is 1. The summed E-state index contributed by atoms with van der Waals surface area (Å²) in [7, 11) is 0. The van der Waals surface area contributed by atoms with Gasteiger partial charge in [0.15, 0.2) is 5.82 Å². The van der Waals surface area contributed by atoms with E-state index in [1.54, 1.807) is 4.90 Å². The van der Waals surface area contributed by atoms with E-state index in [-0.39, 0.29) is 12.5 Å². The highest BCUT2D eigenvalue weighted by atomic mass is 16.5. The molecule has 0 aliphatic carbocycles. The lowest BCUT2D eigenvalue weighted by molar-refractivity contribution is -0.132. The highest BCUT2D eigenvalue weighted by Gasteiger charge is 2.24. The lowest BCUT2D eigenvalue weighted by atomic mass is 10.1. The summed E-state index contributed by atoms with van der Waals surface area (Å²) in [5.41, 5.74) is 4.15. The number of nitrogens with zero attached hydrogens (tertiary/aromatic N) is 4. The molecule has 0 spiro atoms. The van der Waals surface area contributed by atoms with Gasteiger partial charge in [0, 0.05) is 37.4 Å². The number of hydrogen-bond donors (Lipinski definition) is 0. The number of hydrogen-bond acceptors (Lipinski definition) is 5. The van der Waals surface area contributed by atoms with E-state index in [2.05, 4.69) is 35.2 Å². The molecule has 2 aromatic carbocycles. The molecule has 1 aliphatic heterocycles. The molecule has 3 aromatic rings. The van der Waals surface area contributed by atoms with Gasteiger partial charge in [-0.3, -0.25) is 9.32 Å². The molecule has 0 unspecified atom stereocenters. The van der Waals surface area contributed by atoms with Crippen molar-refractivity contribution in [2.45, 2.75) is 20.4 Å². The molecule has 0 saturated carbocycles. The molecule has 1 fully saturated rings. The van der Waals surface area contributed by atoms with Crippen molar-refractivity contribution in [2.75, 3.05) is 31.1 Å². The van der Waals surface area contributed by atoms with Gasteiger partial charge >= 0.3 is 5.76 Å². The molecule has 1 aliphatic rings. The molecular weight excluding hydrogens is 368 g/mol. The summed E-state index contributed by atoms with van der Waals surface area (Å²) >= 11 is 0. The Morgan fingerprint density at radius 1 is 1.03 bits per heavy atom. The van der Waals surface area contributed by atoms with E-state index < -0.39 is 5.76 Å². The first-order valence-corrected chi connectivity index (χ1v) is 9.75. The second-order valence-electron chi connectivity index (χ2n) is 7.38. The molecule has 0 atom stereocenters. The molecule has 0 radical (unpaired) electrons. The third-order valence-electron chi connectivity index (χ3n) is 5.36. The Hall–Kier alpha value is -3.35. The van der Waals surface area contributed by atoms with Gasteiger partial charge in [0.25, 0.3) is 0 Å². The average Bonchev–Trinajstić information content (AvgIpc) is 3.08. The van der Waals surface area contributed by atoms with Gasteiger partial charge in [-0.15, -0.1) is 0 Å². The van der Waals surface area contributed by atoms with E-state index >= 15 is 0 Å². The molecule has 29 heavy (non-hydrogen) atoms. The highest BCUT2D eigenvalue weighted by Crippen LogP contribution is 2.21. The number of aromatic nitrogens is 2. The fraction of sp³-hybridized carbons (Fsp3) is 0.318. The van der Waals surface area contributed by atoms with Crippen LogP contribution in [-0.2, 0) is 11.3 Å². The Kier molecular flexibility index (Phi) is 5.20. The van der Waals surface area contributed by atoms with Crippen LogP contribution in [0.25, 0.3) is 11.4 Å². The van der Waals surface area contributed by atoms with E-state index in [1.807, 2.05) is 37.3 Å². The fourth-order valence-corrected chi connectivity index (χ4v) is 3.70. The first kappa shape index (κ1) is 19.0. The van der Waals surface area contributed by atoms with Crippen LogP contribution in [-0.4, -0.2) is 46.7 Å². The lowest BCUT2D eigenvalue weighted by Gasteiger charge is -2.36. The summed E-state index contributed by atoms with van der Waals surface area (Å²) in [5, 5.41) is 3.90. The van der Waals surface area contributed by atoms with Crippen LogP contribution in [0.3, 0.4) is 0 Å². The minimum absolute atomic E-state index is 0.0730. The highest BCUT2D eigenvalue weighted by molar-refractivity contribution is 5.77. The molecule has 1 aromatic heterocycles. The van der Waals surface area contributed by atoms with Gasteiger partial charge in [-0.2, -0.15) is 0 Å². The monoisotopic (exact) mass is 392 g/mol. The van der Waals surface area contributed by atoms with Gasteiger partial charge in [0.1, 0.15) is 6.54 Å². The normalized spacial score (nSPS) is 14.3. The van der Waals surface area contributed by atoms with Gasteiger partial charge < -0.3 is 9.80 Å².